The number of rotatable bonds is 5. The number of carbonyl (C=O) groups is 1. The van der Waals surface area contributed by atoms with Crippen molar-refractivity contribution < 1.29 is 9.53 Å². The Morgan fingerprint density at radius 3 is 2.35 bits per heavy atom. The van der Waals surface area contributed by atoms with E-state index in [4.69, 9.17) is 4.74 Å². The number of hydrogen-bond acceptors (Lipinski definition) is 3. The van der Waals surface area contributed by atoms with E-state index in [9.17, 15) is 4.79 Å². The van der Waals surface area contributed by atoms with Crippen LogP contribution in [0.1, 0.15) is 40.9 Å². The van der Waals surface area contributed by atoms with Gasteiger partial charge in [-0.2, -0.15) is 0 Å². The Bertz CT molecular complexity index is 1070. The Balaban J connectivity index is 1.39. The van der Waals surface area contributed by atoms with E-state index in [1.807, 2.05) is 35.2 Å². The highest BCUT2D eigenvalue weighted by atomic mass is 16.5. The molecule has 1 aliphatic carbocycles. The van der Waals surface area contributed by atoms with Gasteiger partial charge in [-0.25, -0.2) is 0 Å². The van der Waals surface area contributed by atoms with Gasteiger partial charge in [0.1, 0.15) is 5.75 Å². The van der Waals surface area contributed by atoms with Crippen molar-refractivity contribution in [2.75, 3.05) is 32.8 Å². The largest absolute Gasteiger partial charge is 0.494 e. The summed E-state index contributed by atoms with van der Waals surface area (Å²) >= 11 is 0. The number of hydrogen-bond donors (Lipinski definition) is 0. The van der Waals surface area contributed by atoms with E-state index in [0.717, 1.165) is 50.5 Å². The van der Waals surface area contributed by atoms with E-state index in [1.54, 1.807) is 0 Å². The number of carbonyl (C=O) groups excluding carboxylic acids is 1. The molecule has 0 spiro atoms. The molecule has 5 rings (SSSR count). The first kappa shape index (κ1) is 19.8. The molecule has 0 N–H and O–H groups in total. The summed E-state index contributed by atoms with van der Waals surface area (Å²) in [6.07, 6.45) is 0.998. The van der Waals surface area contributed by atoms with Gasteiger partial charge in [0.05, 0.1) is 12.6 Å². The highest BCUT2D eigenvalue weighted by Crippen LogP contribution is 2.47. The van der Waals surface area contributed by atoms with Crippen LogP contribution in [0.25, 0.3) is 11.1 Å². The average Bonchev–Trinajstić information content (AvgIpc) is 3.16. The highest BCUT2D eigenvalue weighted by Gasteiger charge is 2.35. The Kier molecular flexibility index (Phi) is 5.47. The zero-order chi connectivity index (χ0) is 21.2. The molecule has 3 aromatic carbocycles. The van der Waals surface area contributed by atoms with Crippen molar-refractivity contribution >= 4 is 5.91 Å². The Hall–Kier alpha value is -3.11. The topological polar surface area (TPSA) is 32.8 Å². The standard InChI is InChI=1S/C27H28N2O2/c1-2-18-31-21-12-13-23-22-10-6-7-11-24(22)26(25(23)19-21)28-14-16-29(17-15-28)27(30)20-8-4-3-5-9-20/h3-13,19,26H,2,14-18H2,1H3. The first-order valence-corrected chi connectivity index (χ1v) is 11.2. The quantitative estimate of drug-likeness (QED) is 0.591. The molecule has 0 saturated carbocycles. The Morgan fingerprint density at radius 1 is 0.871 bits per heavy atom. The lowest BCUT2D eigenvalue weighted by Crippen LogP contribution is -2.49. The summed E-state index contributed by atoms with van der Waals surface area (Å²) in [5.74, 6) is 1.07. The predicted molar refractivity (Wildman–Crippen MR) is 123 cm³/mol. The predicted octanol–water partition coefficient (Wildman–Crippen LogP) is 5.00. The molecule has 0 bridgehead atoms. The van der Waals surface area contributed by atoms with E-state index >= 15 is 0 Å². The molecule has 1 saturated heterocycles. The van der Waals surface area contributed by atoms with Gasteiger partial charge in [0.2, 0.25) is 0 Å². The fraction of sp³-hybridized carbons (Fsp3) is 0.296. The normalized spacial score (nSPS) is 17.8. The number of amides is 1. The molecule has 158 valence electrons. The van der Waals surface area contributed by atoms with Crippen LogP contribution in [0.15, 0.2) is 72.8 Å². The van der Waals surface area contributed by atoms with Gasteiger partial charge in [0.25, 0.3) is 5.91 Å². The molecular weight excluding hydrogens is 384 g/mol. The summed E-state index contributed by atoms with van der Waals surface area (Å²) < 4.78 is 5.94. The molecule has 2 aliphatic rings. The minimum absolute atomic E-state index is 0.128. The lowest BCUT2D eigenvalue weighted by molar-refractivity contribution is 0.0600. The fourth-order valence-electron chi connectivity index (χ4n) is 4.81. The lowest BCUT2D eigenvalue weighted by atomic mass is 10.0. The summed E-state index contributed by atoms with van der Waals surface area (Å²) in [5.41, 5.74) is 6.05. The molecule has 3 aromatic rings. The molecule has 1 aliphatic heterocycles. The van der Waals surface area contributed by atoms with Gasteiger partial charge >= 0.3 is 0 Å². The van der Waals surface area contributed by atoms with Gasteiger partial charge in [-0.1, -0.05) is 55.5 Å². The number of benzene rings is 3. The van der Waals surface area contributed by atoms with Crippen molar-refractivity contribution in [3.05, 3.63) is 89.5 Å². The summed E-state index contributed by atoms with van der Waals surface area (Å²) in [4.78, 5) is 17.4. The van der Waals surface area contributed by atoms with Crippen LogP contribution in [-0.4, -0.2) is 48.5 Å². The third-order valence-corrected chi connectivity index (χ3v) is 6.32. The molecule has 1 heterocycles. The van der Waals surface area contributed by atoms with Crippen LogP contribution in [0.4, 0.5) is 0 Å². The molecule has 0 radical (unpaired) electrons. The van der Waals surface area contributed by atoms with Crippen LogP contribution in [0.5, 0.6) is 5.75 Å². The van der Waals surface area contributed by atoms with E-state index in [2.05, 4.69) is 54.3 Å². The van der Waals surface area contributed by atoms with Gasteiger partial charge in [0, 0.05) is 31.7 Å². The third-order valence-electron chi connectivity index (χ3n) is 6.32. The number of nitrogens with zero attached hydrogens (tertiary/aromatic N) is 2. The molecule has 0 aromatic heterocycles. The zero-order valence-electron chi connectivity index (χ0n) is 18.0. The van der Waals surface area contributed by atoms with E-state index < -0.39 is 0 Å². The minimum atomic E-state index is 0.128. The molecule has 4 heteroatoms. The molecule has 1 fully saturated rings. The van der Waals surface area contributed by atoms with E-state index in [0.29, 0.717) is 0 Å². The number of fused-ring (bicyclic) bond motifs is 3. The van der Waals surface area contributed by atoms with E-state index in [-0.39, 0.29) is 11.9 Å². The van der Waals surface area contributed by atoms with E-state index in [1.165, 1.54) is 22.3 Å². The Labute approximate surface area is 184 Å². The van der Waals surface area contributed by atoms with Gasteiger partial charge in [0.15, 0.2) is 0 Å². The molecular formula is C27H28N2O2. The monoisotopic (exact) mass is 412 g/mol. The Morgan fingerprint density at radius 2 is 1.58 bits per heavy atom. The van der Waals surface area contributed by atoms with Crippen molar-refractivity contribution in [3.8, 4) is 16.9 Å². The molecule has 31 heavy (non-hydrogen) atoms. The number of piperazine rings is 1. The highest BCUT2D eigenvalue weighted by molar-refractivity contribution is 5.94. The van der Waals surface area contributed by atoms with Gasteiger partial charge in [-0.05, 0) is 52.9 Å². The van der Waals surface area contributed by atoms with Crippen LogP contribution >= 0.6 is 0 Å². The minimum Gasteiger partial charge on any atom is -0.494 e. The molecule has 1 amide bonds. The van der Waals surface area contributed by atoms with Crippen molar-refractivity contribution in [2.45, 2.75) is 19.4 Å². The second-order valence-corrected chi connectivity index (χ2v) is 8.28. The fourth-order valence-corrected chi connectivity index (χ4v) is 4.81. The van der Waals surface area contributed by atoms with Crippen molar-refractivity contribution in [2.24, 2.45) is 0 Å². The second-order valence-electron chi connectivity index (χ2n) is 8.28. The summed E-state index contributed by atoms with van der Waals surface area (Å²) in [6.45, 7) is 6.06. The van der Waals surface area contributed by atoms with Crippen molar-refractivity contribution in [1.82, 2.24) is 9.80 Å². The van der Waals surface area contributed by atoms with Crippen molar-refractivity contribution in [3.63, 3.8) is 0 Å². The zero-order valence-corrected chi connectivity index (χ0v) is 18.0. The van der Waals surface area contributed by atoms with Gasteiger partial charge in [-0.3, -0.25) is 9.69 Å². The summed E-state index contributed by atoms with van der Waals surface area (Å²) in [7, 11) is 0. The van der Waals surface area contributed by atoms with Crippen LogP contribution in [0.2, 0.25) is 0 Å². The molecule has 4 nitrogen and oxygen atoms in total. The third kappa shape index (κ3) is 3.72. The smallest absolute Gasteiger partial charge is 0.253 e. The molecule has 1 unspecified atom stereocenters. The average molecular weight is 413 g/mol. The maximum atomic E-state index is 12.9. The first-order chi connectivity index (χ1) is 15.3. The van der Waals surface area contributed by atoms with Gasteiger partial charge < -0.3 is 9.64 Å². The summed E-state index contributed by atoms with van der Waals surface area (Å²) in [5, 5.41) is 0. The maximum Gasteiger partial charge on any atom is 0.253 e. The van der Waals surface area contributed by atoms with Crippen LogP contribution in [0, 0.1) is 0 Å². The SMILES string of the molecule is CCCOc1ccc2c(c1)C(N1CCN(C(=O)c3ccccc3)CC1)c1ccccc1-2. The summed E-state index contributed by atoms with van der Waals surface area (Å²) in [6, 6.07) is 25.0. The maximum absolute atomic E-state index is 12.9. The van der Waals surface area contributed by atoms with Crippen LogP contribution in [-0.2, 0) is 0 Å². The van der Waals surface area contributed by atoms with Crippen LogP contribution in [0.3, 0.4) is 0 Å². The van der Waals surface area contributed by atoms with Crippen molar-refractivity contribution in [1.29, 1.82) is 0 Å². The second kappa shape index (κ2) is 8.56. The first-order valence-electron chi connectivity index (χ1n) is 11.2. The van der Waals surface area contributed by atoms with Gasteiger partial charge in [-0.15, -0.1) is 0 Å². The lowest BCUT2D eigenvalue weighted by Gasteiger charge is -2.38. The molecule has 1 atom stereocenters. The number of ether oxygens (including phenoxy) is 1. The van der Waals surface area contributed by atoms with Crippen LogP contribution < -0.4 is 4.74 Å².